The molecule has 0 heterocycles. The molecular weight excluding hydrogens is 258 g/mol. The zero-order valence-electron chi connectivity index (χ0n) is 12.0. The van der Waals surface area contributed by atoms with Crippen LogP contribution in [0.2, 0.25) is 0 Å². The van der Waals surface area contributed by atoms with E-state index in [2.05, 4.69) is 6.92 Å². The molecule has 2 aliphatic carbocycles. The highest BCUT2D eigenvalue weighted by molar-refractivity contribution is 5.48. The van der Waals surface area contributed by atoms with Gasteiger partial charge in [0.15, 0.2) is 0 Å². The summed E-state index contributed by atoms with van der Waals surface area (Å²) in [7, 11) is 0. The number of hydrogen-bond acceptors (Lipinski definition) is 1. The predicted octanol–water partition coefficient (Wildman–Crippen LogP) is 5.11. The molecule has 3 rings (SSSR count). The quantitative estimate of drug-likeness (QED) is 0.797. The molecule has 110 valence electrons. The maximum atomic E-state index is 12.9. The Bertz CT molecular complexity index is 512. The molecule has 0 saturated heterocycles. The normalized spacial score (nSPS) is 29.1. The van der Waals surface area contributed by atoms with E-state index in [1.807, 2.05) is 0 Å². The van der Waals surface area contributed by atoms with Gasteiger partial charge in [0.25, 0.3) is 6.43 Å². The number of phenols is 1. The van der Waals surface area contributed by atoms with E-state index in [4.69, 9.17) is 0 Å². The number of benzene rings is 1. The van der Waals surface area contributed by atoms with Gasteiger partial charge in [-0.2, -0.15) is 0 Å². The maximum Gasteiger partial charge on any atom is 0.267 e. The molecule has 1 aromatic rings. The second kappa shape index (κ2) is 5.01. The van der Waals surface area contributed by atoms with E-state index in [0.29, 0.717) is 5.92 Å². The fourth-order valence-electron chi connectivity index (χ4n) is 4.57. The molecule has 0 radical (unpaired) electrons. The molecule has 0 aliphatic heterocycles. The standard InChI is InChI=1S/C17H22F2O/c1-2-17-8-4-3-5-12(17)7-6-11-9-13(16(18)19)15(20)10-14(11)17/h9-10,12,16,20H,2-8H2,1H3/t12-,17-/m1/s1. The van der Waals surface area contributed by atoms with Crippen molar-refractivity contribution in [2.24, 2.45) is 5.92 Å². The van der Waals surface area contributed by atoms with E-state index >= 15 is 0 Å². The Balaban J connectivity index is 2.12. The number of fused-ring (bicyclic) bond motifs is 3. The maximum absolute atomic E-state index is 12.9. The van der Waals surface area contributed by atoms with Gasteiger partial charge in [0.05, 0.1) is 5.56 Å². The summed E-state index contributed by atoms with van der Waals surface area (Å²) in [6, 6.07) is 3.20. The molecule has 3 heteroatoms. The number of hydrogen-bond donors (Lipinski definition) is 1. The molecule has 0 unspecified atom stereocenters. The van der Waals surface area contributed by atoms with Crippen LogP contribution in [0.5, 0.6) is 5.75 Å². The van der Waals surface area contributed by atoms with E-state index in [1.54, 1.807) is 12.1 Å². The van der Waals surface area contributed by atoms with Gasteiger partial charge in [-0.25, -0.2) is 8.78 Å². The van der Waals surface area contributed by atoms with Gasteiger partial charge in [0.1, 0.15) is 5.75 Å². The molecule has 0 spiro atoms. The summed E-state index contributed by atoms with van der Waals surface area (Å²) in [6.45, 7) is 2.20. The average Bonchev–Trinajstić information content (AvgIpc) is 2.46. The van der Waals surface area contributed by atoms with Gasteiger partial charge in [0, 0.05) is 0 Å². The number of aryl methyl sites for hydroxylation is 1. The van der Waals surface area contributed by atoms with Crippen LogP contribution >= 0.6 is 0 Å². The van der Waals surface area contributed by atoms with E-state index < -0.39 is 6.43 Å². The third-order valence-corrected chi connectivity index (χ3v) is 5.62. The minimum absolute atomic E-state index is 0.115. The SMILES string of the molecule is CC[C@@]12CCCC[C@@H]1CCc1cc(C(F)F)c(O)cc12. The van der Waals surface area contributed by atoms with Crippen molar-refractivity contribution in [2.75, 3.05) is 0 Å². The molecule has 0 bridgehead atoms. The number of alkyl halides is 2. The fourth-order valence-corrected chi connectivity index (χ4v) is 4.57. The highest BCUT2D eigenvalue weighted by atomic mass is 19.3. The first-order chi connectivity index (χ1) is 9.58. The van der Waals surface area contributed by atoms with Crippen LogP contribution < -0.4 is 0 Å². The largest absolute Gasteiger partial charge is 0.507 e. The van der Waals surface area contributed by atoms with Gasteiger partial charge < -0.3 is 5.11 Å². The molecule has 1 nitrogen and oxygen atoms in total. The van der Waals surface area contributed by atoms with E-state index in [0.717, 1.165) is 36.8 Å². The van der Waals surface area contributed by atoms with Crippen molar-refractivity contribution in [3.63, 3.8) is 0 Å². The van der Waals surface area contributed by atoms with E-state index in [1.165, 1.54) is 19.3 Å². The van der Waals surface area contributed by atoms with Crippen molar-refractivity contribution in [1.29, 1.82) is 0 Å². The minimum Gasteiger partial charge on any atom is -0.507 e. The lowest BCUT2D eigenvalue weighted by atomic mass is 9.56. The van der Waals surface area contributed by atoms with Crippen molar-refractivity contribution in [2.45, 2.75) is 63.7 Å². The summed E-state index contributed by atoms with van der Waals surface area (Å²) in [5, 5.41) is 9.96. The summed E-state index contributed by atoms with van der Waals surface area (Å²) >= 11 is 0. The Morgan fingerprint density at radius 3 is 2.80 bits per heavy atom. The lowest BCUT2D eigenvalue weighted by Gasteiger charge is -2.48. The van der Waals surface area contributed by atoms with Crippen LogP contribution in [0.3, 0.4) is 0 Å². The van der Waals surface area contributed by atoms with Crippen molar-refractivity contribution in [1.82, 2.24) is 0 Å². The van der Waals surface area contributed by atoms with Crippen molar-refractivity contribution < 1.29 is 13.9 Å². The number of halogens is 2. The van der Waals surface area contributed by atoms with E-state index in [-0.39, 0.29) is 16.7 Å². The number of rotatable bonds is 2. The first-order valence-corrected chi connectivity index (χ1v) is 7.73. The van der Waals surface area contributed by atoms with Crippen LogP contribution in [-0.2, 0) is 11.8 Å². The van der Waals surface area contributed by atoms with E-state index in [9.17, 15) is 13.9 Å². The van der Waals surface area contributed by atoms with Crippen LogP contribution in [-0.4, -0.2) is 5.11 Å². The molecule has 2 atom stereocenters. The van der Waals surface area contributed by atoms with Crippen molar-refractivity contribution in [3.05, 3.63) is 28.8 Å². The second-order valence-electron chi connectivity index (χ2n) is 6.36. The lowest BCUT2D eigenvalue weighted by molar-refractivity contribution is 0.142. The highest BCUT2D eigenvalue weighted by Gasteiger charge is 2.44. The number of aromatic hydroxyl groups is 1. The first kappa shape index (κ1) is 13.8. The van der Waals surface area contributed by atoms with Gasteiger partial charge in [-0.05, 0) is 66.7 Å². The monoisotopic (exact) mass is 280 g/mol. The Hall–Kier alpha value is -1.12. The molecule has 1 fully saturated rings. The summed E-state index contributed by atoms with van der Waals surface area (Å²) in [4.78, 5) is 0. The van der Waals surface area contributed by atoms with Gasteiger partial charge in [0.2, 0.25) is 0 Å². The first-order valence-electron chi connectivity index (χ1n) is 7.73. The Morgan fingerprint density at radius 2 is 2.10 bits per heavy atom. The van der Waals surface area contributed by atoms with Gasteiger partial charge in [-0.15, -0.1) is 0 Å². The summed E-state index contributed by atoms with van der Waals surface area (Å²) in [6.07, 6.45) is 5.29. The molecule has 0 amide bonds. The van der Waals surface area contributed by atoms with Crippen LogP contribution in [0.25, 0.3) is 0 Å². The van der Waals surface area contributed by atoms with Crippen LogP contribution in [0.15, 0.2) is 12.1 Å². The molecule has 2 aliphatic rings. The number of phenolic OH excluding ortho intramolecular Hbond substituents is 1. The second-order valence-corrected chi connectivity index (χ2v) is 6.36. The van der Waals surface area contributed by atoms with Crippen LogP contribution in [0.1, 0.15) is 68.6 Å². The third kappa shape index (κ3) is 1.94. The highest BCUT2D eigenvalue weighted by Crippen LogP contribution is 2.53. The zero-order valence-corrected chi connectivity index (χ0v) is 12.0. The molecule has 1 N–H and O–H groups in total. The fraction of sp³-hybridized carbons (Fsp3) is 0.647. The lowest BCUT2D eigenvalue weighted by Crippen LogP contribution is -2.41. The predicted molar refractivity (Wildman–Crippen MR) is 75.3 cm³/mol. The molecule has 20 heavy (non-hydrogen) atoms. The summed E-state index contributed by atoms with van der Waals surface area (Å²) in [5.74, 6) is 0.434. The summed E-state index contributed by atoms with van der Waals surface area (Å²) < 4.78 is 25.9. The minimum atomic E-state index is -2.60. The van der Waals surface area contributed by atoms with Crippen LogP contribution in [0, 0.1) is 5.92 Å². The van der Waals surface area contributed by atoms with Gasteiger partial charge >= 0.3 is 0 Å². The Kier molecular flexibility index (Phi) is 3.47. The third-order valence-electron chi connectivity index (χ3n) is 5.62. The average molecular weight is 280 g/mol. The topological polar surface area (TPSA) is 20.2 Å². The molecule has 0 aromatic heterocycles. The molecule has 1 saturated carbocycles. The molecule has 1 aromatic carbocycles. The summed E-state index contributed by atoms with van der Waals surface area (Å²) in [5.41, 5.74) is 2.10. The smallest absolute Gasteiger partial charge is 0.267 e. The van der Waals surface area contributed by atoms with Gasteiger partial charge in [-0.3, -0.25) is 0 Å². The van der Waals surface area contributed by atoms with Gasteiger partial charge in [-0.1, -0.05) is 19.8 Å². The Labute approximate surface area is 119 Å². The Morgan fingerprint density at radius 1 is 1.30 bits per heavy atom. The molecular formula is C17H22F2O. The zero-order chi connectivity index (χ0) is 14.3. The van der Waals surface area contributed by atoms with Crippen molar-refractivity contribution >= 4 is 0 Å². The van der Waals surface area contributed by atoms with Crippen LogP contribution in [0.4, 0.5) is 8.78 Å². The van der Waals surface area contributed by atoms with Crippen molar-refractivity contribution in [3.8, 4) is 5.75 Å².